The van der Waals surface area contributed by atoms with E-state index in [1.54, 1.807) is 17.8 Å². The van der Waals surface area contributed by atoms with Crippen molar-refractivity contribution in [1.29, 1.82) is 0 Å². The molecule has 1 aromatic carbocycles. The molecule has 2 unspecified atom stereocenters. The highest BCUT2D eigenvalue weighted by Gasteiger charge is 2.47. The van der Waals surface area contributed by atoms with Gasteiger partial charge in [-0.05, 0) is 31.5 Å². The van der Waals surface area contributed by atoms with E-state index in [9.17, 15) is 4.39 Å². The third kappa shape index (κ3) is 2.15. The van der Waals surface area contributed by atoms with Gasteiger partial charge in [0.15, 0.2) is 22.4 Å². The summed E-state index contributed by atoms with van der Waals surface area (Å²) in [5, 5.41) is 4.00. The molecule has 1 saturated heterocycles. The smallest absolute Gasteiger partial charge is 0.184 e. The maximum atomic E-state index is 14.0. The summed E-state index contributed by atoms with van der Waals surface area (Å²) in [6.07, 6.45) is 2.82. The van der Waals surface area contributed by atoms with E-state index in [0.29, 0.717) is 10.9 Å². The van der Waals surface area contributed by atoms with E-state index in [2.05, 4.69) is 11.6 Å². The van der Waals surface area contributed by atoms with Crippen LogP contribution in [0.25, 0.3) is 0 Å². The minimum atomic E-state index is -0.572. The van der Waals surface area contributed by atoms with Gasteiger partial charge in [0.2, 0.25) is 0 Å². The molecule has 2 atom stereocenters. The number of hydrogen-bond acceptors (Lipinski definition) is 3. The summed E-state index contributed by atoms with van der Waals surface area (Å²) >= 11 is 7.22. The maximum absolute atomic E-state index is 14.0. The SMILES string of the molecule is CSCCN1C(=S)NC2CC1(C)Oc1c(F)cccc12. The summed E-state index contributed by atoms with van der Waals surface area (Å²) in [7, 11) is 0. The Morgan fingerprint density at radius 2 is 2.40 bits per heavy atom. The lowest BCUT2D eigenvalue weighted by molar-refractivity contribution is -0.0680. The number of halogens is 1. The Labute approximate surface area is 127 Å². The lowest BCUT2D eigenvalue weighted by Gasteiger charge is -2.52. The van der Waals surface area contributed by atoms with E-state index in [-0.39, 0.29) is 11.9 Å². The van der Waals surface area contributed by atoms with Gasteiger partial charge in [-0.1, -0.05) is 12.1 Å². The number of thioether (sulfide) groups is 1. The number of ether oxygens (including phenoxy) is 1. The molecule has 108 valence electrons. The number of fused-ring (bicyclic) bond motifs is 4. The van der Waals surface area contributed by atoms with Crippen LogP contribution in [0, 0.1) is 5.82 Å². The number of benzene rings is 1. The Kier molecular flexibility index (Phi) is 3.54. The third-order valence-corrected chi connectivity index (χ3v) is 4.84. The van der Waals surface area contributed by atoms with E-state index < -0.39 is 5.72 Å². The van der Waals surface area contributed by atoms with Crippen LogP contribution in [-0.4, -0.2) is 34.3 Å². The van der Waals surface area contributed by atoms with Crippen molar-refractivity contribution in [3.63, 3.8) is 0 Å². The molecule has 2 bridgehead atoms. The van der Waals surface area contributed by atoms with E-state index in [4.69, 9.17) is 17.0 Å². The predicted octanol–water partition coefficient (Wildman–Crippen LogP) is 2.92. The molecule has 0 spiro atoms. The van der Waals surface area contributed by atoms with Crippen molar-refractivity contribution in [3.05, 3.63) is 29.6 Å². The summed E-state index contributed by atoms with van der Waals surface area (Å²) in [5.74, 6) is 1.00. The summed E-state index contributed by atoms with van der Waals surface area (Å²) in [4.78, 5) is 2.03. The van der Waals surface area contributed by atoms with Crippen LogP contribution < -0.4 is 10.1 Å². The molecule has 1 aromatic rings. The minimum Gasteiger partial charge on any atom is -0.465 e. The molecule has 2 heterocycles. The summed E-state index contributed by atoms with van der Waals surface area (Å²) in [5.41, 5.74) is 0.284. The lowest BCUT2D eigenvalue weighted by atomic mass is 9.90. The van der Waals surface area contributed by atoms with Crippen LogP contribution in [0.15, 0.2) is 18.2 Å². The molecule has 6 heteroatoms. The van der Waals surface area contributed by atoms with E-state index in [1.165, 1.54) is 6.07 Å². The van der Waals surface area contributed by atoms with Crippen LogP contribution in [0.3, 0.4) is 0 Å². The Bertz CT molecular complexity index is 554. The molecule has 1 N–H and O–H groups in total. The van der Waals surface area contributed by atoms with Crippen LogP contribution in [0.2, 0.25) is 0 Å². The van der Waals surface area contributed by atoms with Gasteiger partial charge in [-0.15, -0.1) is 0 Å². The minimum absolute atomic E-state index is 0.0254. The van der Waals surface area contributed by atoms with Gasteiger partial charge < -0.3 is 15.0 Å². The van der Waals surface area contributed by atoms with Gasteiger partial charge in [-0.2, -0.15) is 11.8 Å². The summed E-state index contributed by atoms with van der Waals surface area (Å²) < 4.78 is 20.0. The van der Waals surface area contributed by atoms with Crippen molar-refractivity contribution >= 4 is 29.1 Å². The molecule has 2 aliphatic rings. The average molecular weight is 312 g/mol. The molecule has 2 aliphatic heterocycles. The number of nitrogens with zero attached hydrogens (tertiary/aromatic N) is 1. The van der Waals surface area contributed by atoms with Gasteiger partial charge in [0.25, 0.3) is 0 Å². The zero-order chi connectivity index (χ0) is 14.3. The van der Waals surface area contributed by atoms with E-state index in [1.807, 2.05) is 17.9 Å². The van der Waals surface area contributed by atoms with Gasteiger partial charge in [-0.3, -0.25) is 0 Å². The topological polar surface area (TPSA) is 24.5 Å². The van der Waals surface area contributed by atoms with Crippen molar-refractivity contribution in [1.82, 2.24) is 10.2 Å². The molecule has 1 fully saturated rings. The fraction of sp³-hybridized carbons (Fsp3) is 0.500. The van der Waals surface area contributed by atoms with Crippen LogP contribution in [0.4, 0.5) is 4.39 Å². The third-order valence-electron chi connectivity index (χ3n) is 3.91. The average Bonchev–Trinajstić information content (AvgIpc) is 2.39. The molecule has 0 aliphatic carbocycles. The van der Waals surface area contributed by atoms with Crippen molar-refractivity contribution in [2.45, 2.75) is 25.1 Å². The Morgan fingerprint density at radius 3 is 3.15 bits per heavy atom. The maximum Gasteiger partial charge on any atom is 0.184 e. The second-order valence-corrected chi connectivity index (χ2v) is 6.66. The van der Waals surface area contributed by atoms with Gasteiger partial charge in [-0.25, -0.2) is 4.39 Å². The number of para-hydroxylation sites is 1. The Morgan fingerprint density at radius 1 is 1.60 bits per heavy atom. The van der Waals surface area contributed by atoms with Crippen LogP contribution in [0.5, 0.6) is 5.75 Å². The van der Waals surface area contributed by atoms with Crippen molar-refractivity contribution in [2.24, 2.45) is 0 Å². The van der Waals surface area contributed by atoms with Gasteiger partial charge >= 0.3 is 0 Å². The second-order valence-electron chi connectivity index (χ2n) is 5.29. The number of thiocarbonyl (C=S) groups is 1. The highest BCUT2D eigenvalue weighted by Crippen LogP contribution is 2.44. The predicted molar refractivity (Wildman–Crippen MR) is 83.6 cm³/mol. The first-order chi connectivity index (χ1) is 9.55. The Balaban J connectivity index is 1.98. The Hall–Kier alpha value is -1.01. The summed E-state index contributed by atoms with van der Waals surface area (Å²) in [6.45, 7) is 2.78. The fourth-order valence-electron chi connectivity index (χ4n) is 2.91. The van der Waals surface area contributed by atoms with Gasteiger partial charge in [0.05, 0.1) is 6.04 Å². The van der Waals surface area contributed by atoms with Gasteiger partial charge in [0.1, 0.15) is 0 Å². The van der Waals surface area contributed by atoms with Crippen molar-refractivity contribution in [2.75, 3.05) is 18.6 Å². The molecule has 20 heavy (non-hydrogen) atoms. The van der Waals surface area contributed by atoms with Crippen molar-refractivity contribution < 1.29 is 9.13 Å². The van der Waals surface area contributed by atoms with Gasteiger partial charge in [0, 0.05) is 24.3 Å². The van der Waals surface area contributed by atoms with E-state index >= 15 is 0 Å². The summed E-state index contributed by atoms with van der Waals surface area (Å²) in [6, 6.07) is 5.08. The normalized spacial score (nSPS) is 27.6. The van der Waals surface area contributed by atoms with Crippen LogP contribution >= 0.6 is 24.0 Å². The molecular formula is C14H17FN2OS2. The molecule has 0 saturated carbocycles. The first kappa shape index (κ1) is 13.9. The lowest BCUT2D eigenvalue weighted by Crippen LogP contribution is -2.65. The standard InChI is InChI=1S/C14H17FN2OS2/c1-14-8-11(16-13(19)17(14)6-7-20-2)9-4-3-5-10(15)12(9)18-14/h3-5,11H,6-8H2,1-2H3,(H,16,19). The highest BCUT2D eigenvalue weighted by atomic mass is 32.2. The quantitative estimate of drug-likeness (QED) is 0.865. The van der Waals surface area contributed by atoms with E-state index in [0.717, 1.165) is 24.3 Å². The van der Waals surface area contributed by atoms with Crippen molar-refractivity contribution in [3.8, 4) is 5.75 Å². The molecular weight excluding hydrogens is 295 g/mol. The first-order valence-corrected chi connectivity index (χ1v) is 8.40. The monoisotopic (exact) mass is 312 g/mol. The molecule has 0 aromatic heterocycles. The molecule has 0 amide bonds. The number of nitrogens with one attached hydrogen (secondary N) is 1. The largest absolute Gasteiger partial charge is 0.465 e. The number of hydrogen-bond donors (Lipinski definition) is 1. The molecule has 3 rings (SSSR count). The second kappa shape index (κ2) is 5.07. The zero-order valence-corrected chi connectivity index (χ0v) is 13.1. The van der Waals surface area contributed by atoms with Crippen LogP contribution in [0.1, 0.15) is 24.9 Å². The molecule has 3 nitrogen and oxygen atoms in total. The fourth-order valence-corrected chi connectivity index (χ4v) is 3.71. The highest BCUT2D eigenvalue weighted by molar-refractivity contribution is 7.98. The zero-order valence-electron chi connectivity index (χ0n) is 11.5. The van der Waals surface area contributed by atoms with Crippen LogP contribution in [-0.2, 0) is 0 Å². The first-order valence-electron chi connectivity index (χ1n) is 6.59. The number of rotatable bonds is 3. The molecule has 0 radical (unpaired) electrons.